The molecule has 0 bridgehead atoms. The van der Waals surface area contributed by atoms with Crippen LogP contribution < -0.4 is 4.74 Å². The van der Waals surface area contributed by atoms with E-state index in [0.29, 0.717) is 12.8 Å². The van der Waals surface area contributed by atoms with Crippen molar-refractivity contribution >= 4 is 21.6 Å². The van der Waals surface area contributed by atoms with Crippen LogP contribution in [-0.4, -0.2) is 22.2 Å². The highest BCUT2D eigenvalue weighted by atomic mass is 79.9. The van der Waals surface area contributed by atoms with Crippen molar-refractivity contribution in [2.75, 3.05) is 0 Å². The van der Waals surface area contributed by atoms with Crippen LogP contribution in [0.1, 0.15) is 19.3 Å². The summed E-state index contributed by atoms with van der Waals surface area (Å²) in [6.07, 6.45) is 0.921. The second kappa shape index (κ2) is 5.19. The Balaban J connectivity index is 2.33. The summed E-state index contributed by atoms with van der Waals surface area (Å²) in [6, 6.07) is 1.91. The van der Waals surface area contributed by atoms with Crippen LogP contribution in [0.3, 0.4) is 0 Å². The van der Waals surface area contributed by atoms with Gasteiger partial charge in [-0.05, 0) is 41.3 Å². The van der Waals surface area contributed by atoms with Gasteiger partial charge in [0, 0.05) is 0 Å². The number of ether oxygens (including phenoxy) is 1. The van der Waals surface area contributed by atoms with Crippen molar-refractivity contribution in [3.05, 3.63) is 32.5 Å². The number of aliphatic hydroxyl groups is 1. The largest absolute Gasteiger partial charge is 0.480 e. The molecule has 1 aromatic carbocycles. The summed E-state index contributed by atoms with van der Waals surface area (Å²) in [5.74, 6) is -0.750. The molecular formula is C11H11BrFNO4. The predicted octanol–water partition coefficient (Wildman–Crippen LogP) is 2.79. The highest BCUT2D eigenvalue weighted by Gasteiger charge is 2.30. The van der Waals surface area contributed by atoms with E-state index in [1.807, 2.05) is 0 Å². The molecule has 0 amide bonds. The molecule has 1 saturated carbocycles. The fourth-order valence-electron chi connectivity index (χ4n) is 1.99. The van der Waals surface area contributed by atoms with Crippen molar-refractivity contribution in [1.29, 1.82) is 0 Å². The normalized spacial score (nSPS) is 23.1. The Kier molecular flexibility index (Phi) is 3.82. The highest BCUT2D eigenvalue weighted by molar-refractivity contribution is 9.10. The summed E-state index contributed by atoms with van der Waals surface area (Å²) in [5, 5.41) is 20.5. The number of nitrogens with zero attached hydrogens (tertiary/aromatic N) is 1. The Hall–Kier alpha value is -1.21. The van der Waals surface area contributed by atoms with Gasteiger partial charge in [-0.1, -0.05) is 0 Å². The van der Waals surface area contributed by atoms with Gasteiger partial charge in [-0.2, -0.15) is 0 Å². The van der Waals surface area contributed by atoms with Crippen LogP contribution in [0.4, 0.5) is 10.1 Å². The molecule has 0 aromatic heterocycles. The third-order valence-electron chi connectivity index (χ3n) is 2.87. The minimum atomic E-state index is -0.715. The fraction of sp³-hybridized carbons (Fsp3) is 0.455. The molecule has 2 atom stereocenters. The number of rotatable bonds is 3. The number of hydrogen-bond donors (Lipinski definition) is 1. The lowest BCUT2D eigenvalue weighted by Gasteiger charge is -2.17. The minimum absolute atomic E-state index is 0.0349. The first-order valence-corrected chi connectivity index (χ1v) is 6.26. The van der Waals surface area contributed by atoms with E-state index in [2.05, 4.69) is 15.9 Å². The number of halogens is 2. The Morgan fingerprint density at radius 1 is 1.50 bits per heavy atom. The molecule has 1 fully saturated rings. The summed E-state index contributed by atoms with van der Waals surface area (Å²) in [6.45, 7) is 0. The summed E-state index contributed by atoms with van der Waals surface area (Å²) in [4.78, 5) is 10.2. The SMILES string of the molecule is O=[N+]([O-])c1cc(F)cc(Br)c1OC1CCCC1O. The molecule has 2 rings (SSSR count). The van der Waals surface area contributed by atoms with Crippen molar-refractivity contribution in [1.82, 2.24) is 0 Å². The zero-order valence-corrected chi connectivity index (χ0v) is 10.9. The molecule has 0 radical (unpaired) electrons. The van der Waals surface area contributed by atoms with Crippen LogP contribution in [0.15, 0.2) is 16.6 Å². The molecule has 1 aliphatic rings. The van der Waals surface area contributed by atoms with E-state index in [0.717, 1.165) is 18.6 Å². The number of aliphatic hydroxyl groups excluding tert-OH is 1. The molecular weight excluding hydrogens is 309 g/mol. The molecule has 0 heterocycles. The Labute approximate surface area is 111 Å². The Morgan fingerprint density at radius 3 is 2.78 bits per heavy atom. The van der Waals surface area contributed by atoms with Gasteiger partial charge in [-0.3, -0.25) is 10.1 Å². The van der Waals surface area contributed by atoms with Crippen molar-refractivity contribution < 1.29 is 19.2 Å². The van der Waals surface area contributed by atoms with E-state index in [-0.39, 0.29) is 10.2 Å². The van der Waals surface area contributed by atoms with E-state index in [1.54, 1.807) is 0 Å². The Bertz CT molecular complexity index is 482. The molecule has 98 valence electrons. The first-order valence-electron chi connectivity index (χ1n) is 5.47. The first-order chi connectivity index (χ1) is 8.49. The summed E-state index contributed by atoms with van der Waals surface area (Å²) < 4.78 is 18.8. The van der Waals surface area contributed by atoms with Gasteiger partial charge in [0.1, 0.15) is 11.9 Å². The smallest absolute Gasteiger partial charge is 0.315 e. The lowest BCUT2D eigenvalue weighted by molar-refractivity contribution is -0.386. The van der Waals surface area contributed by atoms with Gasteiger partial charge in [0.15, 0.2) is 0 Å². The highest BCUT2D eigenvalue weighted by Crippen LogP contribution is 2.38. The van der Waals surface area contributed by atoms with E-state index in [1.165, 1.54) is 0 Å². The van der Waals surface area contributed by atoms with Gasteiger partial charge in [0.2, 0.25) is 5.75 Å². The minimum Gasteiger partial charge on any atom is -0.480 e. The van der Waals surface area contributed by atoms with Crippen molar-refractivity contribution in [3.63, 3.8) is 0 Å². The average Bonchev–Trinajstić information content (AvgIpc) is 2.67. The molecule has 0 saturated heterocycles. The lowest BCUT2D eigenvalue weighted by atomic mass is 10.2. The van der Waals surface area contributed by atoms with Crippen molar-refractivity contribution in [3.8, 4) is 5.75 Å². The molecule has 1 aliphatic carbocycles. The average molecular weight is 320 g/mol. The van der Waals surface area contributed by atoms with E-state index >= 15 is 0 Å². The molecule has 0 spiro atoms. The van der Waals surface area contributed by atoms with E-state index in [4.69, 9.17) is 4.74 Å². The lowest BCUT2D eigenvalue weighted by Crippen LogP contribution is -2.26. The Morgan fingerprint density at radius 2 is 2.22 bits per heavy atom. The van der Waals surface area contributed by atoms with Gasteiger partial charge in [-0.15, -0.1) is 0 Å². The molecule has 2 unspecified atom stereocenters. The summed E-state index contributed by atoms with van der Waals surface area (Å²) >= 11 is 3.04. The fourth-order valence-corrected chi connectivity index (χ4v) is 2.51. The topological polar surface area (TPSA) is 72.6 Å². The monoisotopic (exact) mass is 319 g/mol. The molecule has 1 N–H and O–H groups in total. The standard InChI is InChI=1S/C11H11BrFNO4/c12-7-4-6(13)5-8(14(16)17)11(7)18-10-3-1-2-9(10)15/h4-5,9-10,15H,1-3H2. The molecule has 5 nitrogen and oxygen atoms in total. The van der Waals surface area contributed by atoms with Crippen molar-refractivity contribution in [2.45, 2.75) is 31.5 Å². The number of nitro benzene ring substituents is 1. The van der Waals surface area contributed by atoms with Gasteiger partial charge in [0.25, 0.3) is 0 Å². The summed E-state index contributed by atoms with van der Waals surface area (Å²) in [7, 11) is 0. The molecule has 0 aliphatic heterocycles. The van der Waals surface area contributed by atoms with Gasteiger partial charge in [-0.25, -0.2) is 4.39 Å². The second-order valence-corrected chi connectivity index (χ2v) is 5.00. The molecule has 7 heteroatoms. The van der Waals surface area contributed by atoms with E-state index < -0.39 is 28.6 Å². The van der Waals surface area contributed by atoms with Gasteiger partial charge in [0.05, 0.1) is 21.6 Å². The first kappa shape index (κ1) is 13.2. The van der Waals surface area contributed by atoms with Crippen LogP contribution in [0.2, 0.25) is 0 Å². The van der Waals surface area contributed by atoms with Crippen LogP contribution in [0.5, 0.6) is 5.75 Å². The number of nitro groups is 1. The van der Waals surface area contributed by atoms with Crippen LogP contribution in [-0.2, 0) is 0 Å². The number of hydrogen-bond acceptors (Lipinski definition) is 4. The van der Waals surface area contributed by atoms with Crippen LogP contribution in [0, 0.1) is 15.9 Å². The molecule has 18 heavy (non-hydrogen) atoms. The van der Waals surface area contributed by atoms with Crippen LogP contribution in [0.25, 0.3) is 0 Å². The number of benzene rings is 1. The van der Waals surface area contributed by atoms with Crippen LogP contribution >= 0.6 is 15.9 Å². The third-order valence-corrected chi connectivity index (χ3v) is 3.46. The summed E-state index contributed by atoms with van der Waals surface area (Å²) in [5.41, 5.74) is -0.444. The quantitative estimate of drug-likeness (QED) is 0.686. The third kappa shape index (κ3) is 2.62. The zero-order chi connectivity index (χ0) is 13.3. The van der Waals surface area contributed by atoms with Gasteiger partial charge < -0.3 is 9.84 Å². The maximum atomic E-state index is 13.1. The van der Waals surface area contributed by atoms with Gasteiger partial charge >= 0.3 is 5.69 Å². The predicted molar refractivity (Wildman–Crippen MR) is 65.0 cm³/mol. The maximum absolute atomic E-state index is 13.1. The molecule has 1 aromatic rings. The zero-order valence-electron chi connectivity index (χ0n) is 9.31. The maximum Gasteiger partial charge on any atom is 0.315 e. The second-order valence-electron chi connectivity index (χ2n) is 4.15. The van der Waals surface area contributed by atoms with Crippen molar-refractivity contribution in [2.24, 2.45) is 0 Å². The van der Waals surface area contributed by atoms with E-state index in [9.17, 15) is 19.6 Å².